The Morgan fingerprint density at radius 2 is 2.00 bits per heavy atom. The predicted molar refractivity (Wildman–Crippen MR) is 65.0 cm³/mol. The highest BCUT2D eigenvalue weighted by Crippen LogP contribution is 2.38. The first-order valence-electron chi connectivity index (χ1n) is 6.36. The van der Waals surface area contributed by atoms with Gasteiger partial charge in [0.15, 0.2) is 0 Å². The average molecular weight is 231 g/mol. The molecule has 1 fully saturated rings. The van der Waals surface area contributed by atoms with Crippen LogP contribution in [0.15, 0.2) is 18.2 Å². The molecule has 0 aromatic heterocycles. The van der Waals surface area contributed by atoms with E-state index in [9.17, 15) is 9.90 Å². The Kier molecular flexibility index (Phi) is 2.54. The third-order valence-electron chi connectivity index (χ3n) is 3.89. The molecule has 3 rings (SSSR count). The lowest BCUT2D eigenvalue weighted by Crippen LogP contribution is -2.42. The minimum Gasteiger partial charge on any atom is -0.508 e. The molecule has 1 saturated heterocycles. The van der Waals surface area contributed by atoms with Crippen molar-refractivity contribution in [3.63, 3.8) is 0 Å². The molecule has 1 heterocycles. The van der Waals surface area contributed by atoms with Gasteiger partial charge in [-0.25, -0.2) is 0 Å². The van der Waals surface area contributed by atoms with E-state index < -0.39 is 0 Å². The van der Waals surface area contributed by atoms with E-state index in [1.165, 1.54) is 12.0 Å². The second-order valence-corrected chi connectivity index (χ2v) is 5.03. The van der Waals surface area contributed by atoms with Crippen LogP contribution in [0.4, 0.5) is 0 Å². The molecule has 0 saturated carbocycles. The SMILES string of the molecule is O=C(C1Cc2ccc(O)cc21)N1CCCCC1. The zero-order chi connectivity index (χ0) is 11.8. The van der Waals surface area contributed by atoms with Gasteiger partial charge in [0.05, 0.1) is 5.92 Å². The van der Waals surface area contributed by atoms with Gasteiger partial charge in [0, 0.05) is 13.1 Å². The first-order chi connectivity index (χ1) is 8.25. The van der Waals surface area contributed by atoms with Crippen LogP contribution in [0.5, 0.6) is 5.75 Å². The van der Waals surface area contributed by atoms with Crippen LogP contribution >= 0.6 is 0 Å². The smallest absolute Gasteiger partial charge is 0.230 e. The number of benzene rings is 1. The van der Waals surface area contributed by atoms with Gasteiger partial charge in [-0.2, -0.15) is 0 Å². The predicted octanol–water partition coefficient (Wildman–Crippen LogP) is 2.04. The highest BCUT2D eigenvalue weighted by molar-refractivity contribution is 5.87. The van der Waals surface area contributed by atoms with Crippen LogP contribution in [0, 0.1) is 0 Å². The molecule has 1 aromatic carbocycles. The van der Waals surface area contributed by atoms with E-state index in [0.29, 0.717) is 0 Å². The van der Waals surface area contributed by atoms with E-state index in [-0.39, 0.29) is 17.6 Å². The van der Waals surface area contributed by atoms with Crippen molar-refractivity contribution in [2.24, 2.45) is 0 Å². The Morgan fingerprint density at radius 3 is 2.76 bits per heavy atom. The lowest BCUT2D eigenvalue weighted by molar-refractivity contribution is -0.134. The number of phenols is 1. The van der Waals surface area contributed by atoms with Crippen LogP contribution in [0.2, 0.25) is 0 Å². The molecule has 2 aliphatic rings. The van der Waals surface area contributed by atoms with Gasteiger partial charge in [-0.15, -0.1) is 0 Å². The van der Waals surface area contributed by atoms with Gasteiger partial charge in [-0.3, -0.25) is 4.79 Å². The molecular formula is C14H17NO2. The van der Waals surface area contributed by atoms with Gasteiger partial charge in [-0.1, -0.05) is 6.07 Å². The zero-order valence-electron chi connectivity index (χ0n) is 9.85. The molecule has 1 unspecified atom stereocenters. The minimum atomic E-state index is -0.00444. The first kappa shape index (κ1) is 10.6. The second kappa shape index (κ2) is 4.06. The number of amides is 1. The number of carbonyl (C=O) groups is 1. The molecule has 1 N–H and O–H groups in total. The fourth-order valence-electron chi connectivity index (χ4n) is 2.85. The van der Waals surface area contributed by atoms with Crippen LogP contribution in [-0.2, 0) is 11.2 Å². The van der Waals surface area contributed by atoms with Gasteiger partial charge in [0.2, 0.25) is 5.91 Å². The summed E-state index contributed by atoms with van der Waals surface area (Å²) in [6.45, 7) is 1.81. The van der Waals surface area contributed by atoms with Crippen molar-refractivity contribution in [3.8, 4) is 5.75 Å². The van der Waals surface area contributed by atoms with E-state index in [1.54, 1.807) is 12.1 Å². The third kappa shape index (κ3) is 1.79. The van der Waals surface area contributed by atoms with Gasteiger partial charge < -0.3 is 10.0 Å². The topological polar surface area (TPSA) is 40.5 Å². The monoisotopic (exact) mass is 231 g/mol. The molecule has 0 spiro atoms. The molecule has 3 heteroatoms. The number of nitrogens with zero attached hydrogens (tertiary/aromatic N) is 1. The van der Waals surface area contributed by atoms with Gasteiger partial charge in [-0.05, 0) is 48.9 Å². The summed E-state index contributed by atoms with van der Waals surface area (Å²) in [5.74, 6) is 0.512. The van der Waals surface area contributed by atoms with Crippen molar-refractivity contribution in [2.45, 2.75) is 31.6 Å². The number of fused-ring (bicyclic) bond motifs is 1. The summed E-state index contributed by atoms with van der Waals surface area (Å²) in [5, 5.41) is 9.46. The van der Waals surface area contributed by atoms with Crippen LogP contribution in [0.25, 0.3) is 0 Å². The Morgan fingerprint density at radius 1 is 1.24 bits per heavy atom. The maximum Gasteiger partial charge on any atom is 0.230 e. The Hall–Kier alpha value is -1.51. The van der Waals surface area contributed by atoms with Crippen LogP contribution in [0.1, 0.15) is 36.3 Å². The Balaban J connectivity index is 1.76. The van der Waals surface area contributed by atoms with Crippen molar-refractivity contribution < 1.29 is 9.90 Å². The zero-order valence-corrected chi connectivity index (χ0v) is 9.85. The van der Waals surface area contributed by atoms with Crippen LogP contribution in [0.3, 0.4) is 0 Å². The first-order valence-corrected chi connectivity index (χ1v) is 6.36. The van der Waals surface area contributed by atoms with Crippen molar-refractivity contribution >= 4 is 5.91 Å². The number of likely N-dealkylation sites (tertiary alicyclic amines) is 1. The third-order valence-corrected chi connectivity index (χ3v) is 3.89. The van der Waals surface area contributed by atoms with Gasteiger partial charge in [0.1, 0.15) is 5.75 Å². The molecule has 0 radical (unpaired) electrons. The summed E-state index contributed by atoms with van der Waals surface area (Å²) in [7, 11) is 0. The number of rotatable bonds is 1. The molecule has 1 amide bonds. The molecule has 1 aromatic rings. The molecule has 1 aliphatic carbocycles. The van der Waals surface area contributed by atoms with E-state index in [1.807, 2.05) is 11.0 Å². The van der Waals surface area contributed by atoms with Crippen LogP contribution < -0.4 is 0 Å². The molecule has 0 bridgehead atoms. The number of carbonyl (C=O) groups excluding carboxylic acids is 1. The molecular weight excluding hydrogens is 214 g/mol. The highest BCUT2D eigenvalue weighted by atomic mass is 16.3. The lowest BCUT2D eigenvalue weighted by atomic mass is 9.76. The second-order valence-electron chi connectivity index (χ2n) is 5.03. The fraction of sp³-hybridized carbons (Fsp3) is 0.500. The van der Waals surface area contributed by atoms with E-state index >= 15 is 0 Å². The molecule has 17 heavy (non-hydrogen) atoms. The van der Waals surface area contributed by atoms with Gasteiger partial charge in [0.25, 0.3) is 0 Å². The van der Waals surface area contributed by atoms with Gasteiger partial charge >= 0.3 is 0 Å². The van der Waals surface area contributed by atoms with Crippen molar-refractivity contribution in [3.05, 3.63) is 29.3 Å². The normalized spacial score (nSPS) is 22.8. The maximum atomic E-state index is 12.3. The summed E-state index contributed by atoms with van der Waals surface area (Å²) in [4.78, 5) is 14.3. The summed E-state index contributed by atoms with van der Waals surface area (Å²) in [6.07, 6.45) is 4.34. The number of phenolic OH excluding ortho intramolecular Hbond substituents is 1. The van der Waals surface area contributed by atoms with E-state index in [2.05, 4.69) is 0 Å². The largest absolute Gasteiger partial charge is 0.508 e. The fourth-order valence-corrected chi connectivity index (χ4v) is 2.85. The molecule has 3 nitrogen and oxygen atoms in total. The maximum absolute atomic E-state index is 12.3. The Labute approximate surface area is 101 Å². The standard InChI is InChI=1S/C14H17NO2/c16-11-5-4-10-8-13(12(10)9-11)14(17)15-6-2-1-3-7-15/h4-5,9,13,16H,1-3,6-8H2. The number of aromatic hydroxyl groups is 1. The summed E-state index contributed by atoms with van der Waals surface area (Å²) < 4.78 is 0. The van der Waals surface area contributed by atoms with E-state index in [0.717, 1.165) is 37.9 Å². The van der Waals surface area contributed by atoms with Crippen LogP contribution in [-0.4, -0.2) is 29.0 Å². The molecule has 90 valence electrons. The van der Waals surface area contributed by atoms with E-state index in [4.69, 9.17) is 0 Å². The lowest BCUT2D eigenvalue weighted by Gasteiger charge is -2.35. The van der Waals surface area contributed by atoms with Crippen molar-refractivity contribution in [1.29, 1.82) is 0 Å². The average Bonchev–Trinajstić information content (AvgIpc) is 2.34. The summed E-state index contributed by atoms with van der Waals surface area (Å²) >= 11 is 0. The highest BCUT2D eigenvalue weighted by Gasteiger charge is 2.35. The quantitative estimate of drug-likeness (QED) is 0.803. The number of hydrogen-bond acceptors (Lipinski definition) is 2. The Bertz CT molecular complexity index is 450. The minimum absolute atomic E-state index is 0.00444. The number of hydrogen-bond donors (Lipinski definition) is 1. The molecule has 1 atom stereocenters. The summed E-state index contributed by atoms with van der Waals surface area (Å²) in [6, 6.07) is 5.36. The van der Waals surface area contributed by atoms with Crippen molar-refractivity contribution in [1.82, 2.24) is 4.90 Å². The number of piperidine rings is 1. The van der Waals surface area contributed by atoms with Crippen molar-refractivity contribution in [2.75, 3.05) is 13.1 Å². The summed E-state index contributed by atoms with van der Waals surface area (Å²) in [5.41, 5.74) is 2.23. The molecule has 1 aliphatic heterocycles.